The second kappa shape index (κ2) is 9.22. The number of aliphatic hydroxyl groups excluding tert-OH is 1. The van der Waals surface area contributed by atoms with Crippen molar-refractivity contribution >= 4 is 28.4 Å². The third-order valence-corrected chi connectivity index (χ3v) is 6.44. The molecule has 1 aliphatic rings. The quantitative estimate of drug-likeness (QED) is 0.209. The van der Waals surface area contributed by atoms with E-state index in [0.29, 0.717) is 17.7 Å². The minimum Gasteiger partial charge on any atom is -0.508 e. The number of aliphatic hydroxyl groups is 1. The number of aromatic hydroxyl groups is 1. The summed E-state index contributed by atoms with van der Waals surface area (Å²) in [4.78, 5) is 30.9. The summed E-state index contributed by atoms with van der Waals surface area (Å²) in [7, 11) is 1.59. The molecule has 0 saturated carbocycles. The Morgan fingerprint density at radius 2 is 1.86 bits per heavy atom. The number of carbonyl (C=O) groups is 2. The molecular formula is C28H23FN2O5. The number of fused-ring (bicyclic) bond motifs is 1. The van der Waals surface area contributed by atoms with Crippen LogP contribution < -0.4 is 4.74 Å². The molecule has 0 spiro atoms. The van der Waals surface area contributed by atoms with Crippen LogP contribution in [0.3, 0.4) is 0 Å². The van der Waals surface area contributed by atoms with Crippen LogP contribution in [0, 0.1) is 5.82 Å². The summed E-state index contributed by atoms with van der Waals surface area (Å²) in [6.07, 6.45) is 2.27. The lowest BCUT2D eigenvalue weighted by atomic mass is 9.95. The Morgan fingerprint density at radius 1 is 1.08 bits per heavy atom. The first-order valence-corrected chi connectivity index (χ1v) is 11.3. The van der Waals surface area contributed by atoms with E-state index in [-0.39, 0.29) is 23.4 Å². The maximum Gasteiger partial charge on any atom is 0.295 e. The van der Waals surface area contributed by atoms with Crippen molar-refractivity contribution in [1.29, 1.82) is 0 Å². The van der Waals surface area contributed by atoms with Crippen LogP contribution in [-0.4, -0.2) is 45.4 Å². The lowest BCUT2D eigenvalue weighted by Gasteiger charge is -2.25. The van der Waals surface area contributed by atoms with E-state index >= 15 is 0 Å². The number of aromatic nitrogens is 1. The Bertz CT molecular complexity index is 1510. The SMILES string of the molecule is COc1ccc2[nH]cc(CCN3C(=O)C(=O)/C(=C(\O)c4ccc(F)cc4)C3c3cccc(O)c3)c2c1. The molecule has 2 heterocycles. The first kappa shape index (κ1) is 23.2. The normalized spacial score (nSPS) is 17.2. The molecule has 8 heteroatoms. The molecule has 1 amide bonds. The topological polar surface area (TPSA) is 103 Å². The number of halogens is 1. The van der Waals surface area contributed by atoms with Crippen molar-refractivity contribution in [3.63, 3.8) is 0 Å². The highest BCUT2D eigenvalue weighted by Crippen LogP contribution is 2.40. The summed E-state index contributed by atoms with van der Waals surface area (Å²) in [5, 5.41) is 22.1. The zero-order valence-corrected chi connectivity index (χ0v) is 19.4. The van der Waals surface area contributed by atoms with Crippen LogP contribution in [-0.2, 0) is 16.0 Å². The number of Topliss-reactive ketones (excluding diaryl/α,β-unsaturated/α-hetero) is 1. The number of carbonyl (C=O) groups excluding carboxylic acids is 2. The number of rotatable bonds is 6. The fourth-order valence-electron chi connectivity index (χ4n) is 4.65. The molecule has 1 aliphatic heterocycles. The maximum atomic E-state index is 13.4. The van der Waals surface area contributed by atoms with Crippen LogP contribution in [0.1, 0.15) is 22.7 Å². The number of methoxy groups -OCH3 is 1. The first-order chi connectivity index (χ1) is 17.4. The Kier molecular flexibility index (Phi) is 5.93. The fourth-order valence-corrected chi connectivity index (χ4v) is 4.65. The third kappa shape index (κ3) is 4.07. The fraction of sp³-hybridized carbons (Fsp3) is 0.143. The second-order valence-corrected chi connectivity index (χ2v) is 8.57. The van der Waals surface area contributed by atoms with Crippen LogP contribution in [0.15, 0.2) is 78.5 Å². The van der Waals surface area contributed by atoms with Crippen LogP contribution in [0.5, 0.6) is 11.5 Å². The van der Waals surface area contributed by atoms with E-state index in [9.17, 15) is 24.2 Å². The van der Waals surface area contributed by atoms with Gasteiger partial charge in [-0.1, -0.05) is 12.1 Å². The van der Waals surface area contributed by atoms with E-state index in [2.05, 4.69) is 4.98 Å². The summed E-state index contributed by atoms with van der Waals surface area (Å²) >= 11 is 0. The highest BCUT2D eigenvalue weighted by Gasteiger charge is 2.46. The number of amides is 1. The van der Waals surface area contributed by atoms with Crippen molar-refractivity contribution in [3.8, 4) is 11.5 Å². The van der Waals surface area contributed by atoms with E-state index in [0.717, 1.165) is 16.5 Å². The standard InChI is InChI=1S/C28H23FN2O5/c1-36-21-9-10-23-22(14-21)18(15-30-23)11-12-31-25(17-3-2-4-20(32)13-17)24(27(34)28(31)35)26(33)16-5-7-19(29)8-6-16/h2-10,13-15,25,30,32-33H,11-12H2,1H3/b26-24-. The van der Waals surface area contributed by atoms with Gasteiger partial charge in [-0.05, 0) is 72.1 Å². The number of hydrogen-bond donors (Lipinski definition) is 3. The van der Waals surface area contributed by atoms with Gasteiger partial charge in [-0.3, -0.25) is 9.59 Å². The molecule has 0 bridgehead atoms. The van der Waals surface area contributed by atoms with Gasteiger partial charge >= 0.3 is 0 Å². The molecule has 1 atom stereocenters. The zero-order chi connectivity index (χ0) is 25.4. The van der Waals surface area contributed by atoms with Gasteiger partial charge in [-0.25, -0.2) is 4.39 Å². The van der Waals surface area contributed by atoms with Crippen molar-refractivity contribution in [3.05, 3.63) is 101 Å². The molecule has 1 aromatic heterocycles. The molecule has 4 aromatic rings. The Hall–Kier alpha value is -4.59. The minimum absolute atomic E-state index is 0.0383. The largest absolute Gasteiger partial charge is 0.508 e. The van der Waals surface area contributed by atoms with Gasteiger partial charge in [0, 0.05) is 29.2 Å². The van der Waals surface area contributed by atoms with E-state index in [1.807, 2.05) is 24.4 Å². The van der Waals surface area contributed by atoms with Gasteiger partial charge in [-0.2, -0.15) is 0 Å². The number of hydrogen-bond acceptors (Lipinski definition) is 5. The van der Waals surface area contributed by atoms with Crippen LogP contribution in [0.25, 0.3) is 16.7 Å². The molecule has 3 aromatic carbocycles. The smallest absolute Gasteiger partial charge is 0.295 e. The lowest BCUT2D eigenvalue weighted by Crippen LogP contribution is -2.31. The summed E-state index contributed by atoms with van der Waals surface area (Å²) in [5.74, 6) is -1.84. The summed E-state index contributed by atoms with van der Waals surface area (Å²) in [5.41, 5.74) is 2.41. The van der Waals surface area contributed by atoms with Gasteiger partial charge in [0.25, 0.3) is 11.7 Å². The number of ketones is 1. The number of aromatic amines is 1. The number of ether oxygens (including phenoxy) is 1. The zero-order valence-electron chi connectivity index (χ0n) is 19.4. The molecule has 0 aliphatic carbocycles. The third-order valence-electron chi connectivity index (χ3n) is 6.44. The van der Waals surface area contributed by atoms with E-state index in [1.54, 1.807) is 19.2 Å². The Balaban J connectivity index is 1.56. The Morgan fingerprint density at radius 3 is 2.58 bits per heavy atom. The molecule has 1 saturated heterocycles. The van der Waals surface area contributed by atoms with Gasteiger partial charge in [0.05, 0.1) is 18.7 Å². The average molecular weight is 486 g/mol. The van der Waals surface area contributed by atoms with E-state index in [1.165, 1.54) is 41.3 Å². The van der Waals surface area contributed by atoms with Crippen LogP contribution >= 0.6 is 0 Å². The molecular weight excluding hydrogens is 463 g/mol. The van der Waals surface area contributed by atoms with Crippen LogP contribution in [0.4, 0.5) is 4.39 Å². The molecule has 1 fully saturated rings. The van der Waals surface area contributed by atoms with Gasteiger partial charge in [-0.15, -0.1) is 0 Å². The number of phenolic OH excluding ortho intramolecular Hbond substituents is 1. The highest BCUT2D eigenvalue weighted by atomic mass is 19.1. The monoisotopic (exact) mass is 486 g/mol. The predicted octanol–water partition coefficient (Wildman–Crippen LogP) is 4.69. The molecule has 0 radical (unpaired) electrons. The number of nitrogens with zero attached hydrogens (tertiary/aromatic N) is 1. The first-order valence-electron chi connectivity index (χ1n) is 11.3. The molecule has 36 heavy (non-hydrogen) atoms. The summed E-state index contributed by atoms with van der Waals surface area (Å²) in [6.45, 7) is 0.176. The summed E-state index contributed by atoms with van der Waals surface area (Å²) in [6, 6.07) is 16.0. The predicted molar refractivity (Wildman–Crippen MR) is 132 cm³/mol. The molecule has 3 N–H and O–H groups in total. The van der Waals surface area contributed by atoms with Crippen molar-refractivity contribution in [2.24, 2.45) is 0 Å². The van der Waals surface area contributed by atoms with Gasteiger partial charge < -0.3 is 24.8 Å². The Labute approximate surface area is 206 Å². The van der Waals surface area contributed by atoms with Gasteiger partial charge in [0.1, 0.15) is 23.1 Å². The second-order valence-electron chi connectivity index (χ2n) is 8.57. The van der Waals surface area contributed by atoms with Gasteiger partial charge in [0.2, 0.25) is 0 Å². The number of H-pyrrole nitrogens is 1. The molecule has 5 rings (SSSR count). The lowest BCUT2D eigenvalue weighted by molar-refractivity contribution is -0.139. The van der Waals surface area contributed by atoms with Crippen molar-refractivity contribution in [2.45, 2.75) is 12.5 Å². The van der Waals surface area contributed by atoms with E-state index < -0.39 is 29.3 Å². The van der Waals surface area contributed by atoms with E-state index in [4.69, 9.17) is 4.74 Å². The minimum atomic E-state index is -0.929. The molecule has 7 nitrogen and oxygen atoms in total. The summed E-state index contributed by atoms with van der Waals surface area (Å²) < 4.78 is 18.8. The number of phenols is 1. The number of likely N-dealkylation sites (tertiary alicyclic amines) is 1. The number of nitrogens with one attached hydrogen (secondary N) is 1. The highest BCUT2D eigenvalue weighted by molar-refractivity contribution is 6.46. The van der Waals surface area contributed by atoms with Crippen molar-refractivity contribution < 1.29 is 28.9 Å². The molecule has 1 unspecified atom stereocenters. The van der Waals surface area contributed by atoms with Crippen LogP contribution in [0.2, 0.25) is 0 Å². The van der Waals surface area contributed by atoms with Gasteiger partial charge in [0.15, 0.2) is 0 Å². The number of benzene rings is 3. The van der Waals surface area contributed by atoms with Crippen molar-refractivity contribution in [1.82, 2.24) is 9.88 Å². The maximum absolute atomic E-state index is 13.4. The molecule has 182 valence electrons. The van der Waals surface area contributed by atoms with Crippen molar-refractivity contribution in [2.75, 3.05) is 13.7 Å². The average Bonchev–Trinajstić information content (AvgIpc) is 3.40.